The van der Waals surface area contributed by atoms with E-state index >= 15 is 0 Å². The normalized spacial score (nSPS) is 10.8. The minimum atomic E-state index is -0.398. The van der Waals surface area contributed by atoms with Gasteiger partial charge in [0.15, 0.2) is 0 Å². The summed E-state index contributed by atoms with van der Waals surface area (Å²) in [5.41, 5.74) is 9.85. The highest BCUT2D eigenvalue weighted by Gasteiger charge is 2.13. The average Bonchev–Trinajstić information content (AvgIpc) is 2.73. The van der Waals surface area contributed by atoms with Crippen molar-refractivity contribution in [2.24, 2.45) is 0 Å². The van der Waals surface area contributed by atoms with Crippen LogP contribution in [0.25, 0.3) is 0 Å². The Morgan fingerprint density at radius 1 is 0.862 bits per heavy atom. The zero-order valence-corrected chi connectivity index (χ0v) is 18.5. The average molecular weight is 401 g/mol. The van der Waals surface area contributed by atoms with Gasteiger partial charge in [-0.1, -0.05) is 26.7 Å². The van der Waals surface area contributed by atoms with Crippen LogP contribution in [-0.2, 0) is 0 Å². The standard InChI is InChI=1S/C24H37FN4/c1-5-9-15-29(16-10-6-2)20-13-11-19(12-14-20)27-23-17-21(25)22(26)18-24(23)28(7-3)8-4/h11-14,17-18,27H,5-10,15-16,26H2,1-4H3. The Labute approximate surface area is 175 Å². The van der Waals surface area contributed by atoms with E-state index in [-0.39, 0.29) is 5.69 Å². The van der Waals surface area contributed by atoms with Crippen molar-refractivity contribution >= 4 is 28.4 Å². The van der Waals surface area contributed by atoms with Gasteiger partial charge in [-0.3, -0.25) is 0 Å². The van der Waals surface area contributed by atoms with Crippen LogP contribution in [-0.4, -0.2) is 26.2 Å². The van der Waals surface area contributed by atoms with Crippen molar-refractivity contribution < 1.29 is 4.39 Å². The second-order valence-electron chi connectivity index (χ2n) is 7.43. The molecule has 0 saturated heterocycles. The highest BCUT2D eigenvalue weighted by Crippen LogP contribution is 2.33. The SMILES string of the molecule is CCCCN(CCCC)c1ccc(Nc2cc(F)c(N)cc2N(CC)CC)cc1. The molecule has 0 heterocycles. The van der Waals surface area contributed by atoms with Gasteiger partial charge in [-0.15, -0.1) is 0 Å². The quantitative estimate of drug-likeness (QED) is 0.404. The Kier molecular flexibility index (Phi) is 9.10. The summed E-state index contributed by atoms with van der Waals surface area (Å²) in [7, 11) is 0. The van der Waals surface area contributed by atoms with Crippen molar-refractivity contribution in [3.8, 4) is 0 Å². The van der Waals surface area contributed by atoms with Gasteiger partial charge >= 0.3 is 0 Å². The molecule has 160 valence electrons. The molecule has 0 bridgehead atoms. The molecule has 29 heavy (non-hydrogen) atoms. The molecule has 4 nitrogen and oxygen atoms in total. The molecule has 0 atom stereocenters. The smallest absolute Gasteiger partial charge is 0.148 e. The van der Waals surface area contributed by atoms with E-state index in [9.17, 15) is 4.39 Å². The maximum atomic E-state index is 14.1. The van der Waals surface area contributed by atoms with Crippen molar-refractivity contribution in [2.45, 2.75) is 53.4 Å². The first kappa shape index (κ1) is 22.9. The fourth-order valence-corrected chi connectivity index (χ4v) is 3.48. The van der Waals surface area contributed by atoms with Gasteiger partial charge < -0.3 is 20.9 Å². The van der Waals surface area contributed by atoms with E-state index in [4.69, 9.17) is 5.73 Å². The molecule has 2 aromatic carbocycles. The van der Waals surface area contributed by atoms with Gasteiger partial charge in [-0.25, -0.2) is 4.39 Å². The fourth-order valence-electron chi connectivity index (χ4n) is 3.48. The van der Waals surface area contributed by atoms with Crippen LogP contribution in [0.3, 0.4) is 0 Å². The third-order valence-corrected chi connectivity index (χ3v) is 5.29. The first-order chi connectivity index (χ1) is 14.0. The molecule has 0 aromatic heterocycles. The number of hydrogen-bond acceptors (Lipinski definition) is 4. The Balaban J connectivity index is 2.23. The predicted molar refractivity (Wildman–Crippen MR) is 126 cm³/mol. The molecule has 0 aliphatic heterocycles. The molecular weight excluding hydrogens is 363 g/mol. The molecule has 0 saturated carbocycles. The number of nitrogen functional groups attached to an aromatic ring is 1. The molecule has 0 fully saturated rings. The molecule has 0 radical (unpaired) electrons. The van der Waals surface area contributed by atoms with E-state index in [1.165, 1.54) is 37.4 Å². The molecule has 5 heteroatoms. The molecule has 0 spiro atoms. The number of nitrogens with one attached hydrogen (secondary N) is 1. The number of unbranched alkanes of at least 4 members (excludes halogenated alkanes) is 2. The van der Waals surface area contributed by atoms with Gasteiger partial charge in [0.2, 0.25) is 0 Å². The maximum absolute atomic E-state index is 14.1. The number of halogens is 1. The first-order valence-corrected chi connectivity index (χ1v) is 11.0. The van der Waals surface area contributed by atoms with Crippen molar-refractivity contribution in [3.63, 3.8) is 0 Å². The number of rotatable bonds is 12. The second-order valence-corrected chi connectivity index (χ2v) is 7.43. The molecule has 0 aliphatic carbocycles. The summed E-state index contributed by atoms with van der Waals surface area (Å²) in [6.07, 6.45) is 4.78. The molecule has 0 aliphatic rings. The zero-order valence-electron chi connectivity index (χ0n) is 18.5. The van der Waals surface area contributed by atoms with E-state index in [0.717, 1.165) is 43.2 Å². The molecule has 0 amide bonds. The Morgan fingerprint density at radius 2 is 1.45 bits per heavy atom. The van der Waals surface area contributed by atoms with E-state index < -0.39 is 5.82 Å². The molecule has 2 aromatic rings. The van der Waals surface area contributed by atoms with Gasteiger partial charge in [0.1, 0.15) is 5.82 Å². The summed E-state index contributed by atoms with van der Waals surface area (Å²) in [5.74, 6) is -0.398. The van der Waals surface area contributed by atoms with Gasteiger partial charge in [-0.2, -0.15) is 0 Å². The zero-order chi connectivity index (χ0) is 21.2. The number of hydrogen-bond donors (Lipinski definition) is 2. The Morgan fingerprint density at radius 3 is 1.97 bits per heavy atom. The lowest BCUT2D eigenvalue weighted by molar-refractivity contribution is 0.633. The summed E-state index contributed by atoms with van der Waals surface area (Å²) in [4.78, 5) is 4.63. The Bertz CT molecular complexity index is 733. The van der Waals surface area contributed by atoms with Crippen molar-refractivity contribution in [1.82, 2.24) is 0 Å². The van der Waals surface area contributed by atoms with E-state index in [0.29, 0.717) is 0 Å². The van der Waals surface area contributed by atoms with Crippen LogP contribution >= 0.6 is 0 Å². The van der Waals surface area contributed by atoms with Crippen LogP contribution in [0, 0.1) is 5.82 Å². The lowest BCUT2D eigenvalue weighted by atomic mass is 10.1. The number of nitrogens with zero attached hydrogens (tertiary/aromatic N) is 2. The van der Waals surface area contributed by atoms with Gasteiger partial charge in [-0.05, 0) is 57.0 Å². The monoisotopic (exact) mass is 400 g/mol. The molecule has 0 unspecified atom stereocenters. The number of nitrogens with two attached hydrogens (primary N) is 1. The van der Waals surface area contributed by atoms with Gasteiger partial charge in [0.05, 0.1) is 17.1 Å². The van der Waals surface area contributed by atoms with Crippen LogP contribution in [0.4, 0.5) is 32.8 Å². The van der Waals surface area contributed by atoms with Crippen LogP contribution in [0.5, 0.6) is 0 Å². The van der Waals surface area contributed by atoms with Crippen LogP contribution in [0.2, 0.25) is 0 Å². The molecular formula is C24H37FN4. The highest BCUT2D eigenvalue weighted by molar-refractivity contribution is 5.79. The van der Waals surface area contributed by atoms with Crippen LogP contribution in [0.15, 0.2) is 36.4 Å². The third kappa shape index (κ3) is 6.28. The van der Waals surface area contributed by atoms with Crippen molar-refractivity contribution in [2.75, 3.05) is 47.0 Å². The van der Waals surface area contributed by atoms with Crippen LogP contribution < -0.4 is 20.9 Å². The lowest BCUT2D eigenvalue weighted by Crippen LogP contribution is -2.25. The fraction of sp³-hybridized carbons (Fsp3) is 0.500. The first-order valence-electron chi connectivity index (χ1n) is 11.0. The lowest BCUT2D eigenvalue weighted by Gasteiger charge is -2.26. The maximum Gasteiger partial charge on any atom is 0.148 e. The van der Waals surface area contributed by atoms with Gasteiger partial charge in [0.25, 0.3) is 0 Å². The minimum Gasteiger partial charge on any atom is -0.396 e. The topological polar surface area (TPSA) is 44.5 Å². The van der Waals surface area contributed by atoms with Crippen molar-refractivity contribution in [3.05, 3.63) is 42.2 Å². The predicted octanol–water partition coefficient (Wildman–Crippen LogP) is 6.40. The van der Waals surface area contributed by atoms with E-state index in [1.54, 1.807) is 6.07 Å². The number of anilines is 5. The van der Waals surface area contributed by atoms with Gasteiger partial charge in [0, 0.05) is 43.6 Å². The number of benzene rings is 2. The van der Waals surface area contributed by atoms with Crippen LogP contribution in [0.1, 0.15) is 53.4 Å². The second kappa shape index (κ2) is 11.5. The summed E-state index contributed by atoms with van der Waals surface area (Å²) >= 11 is 0. The highest BCUT2D eigenvalue weighted by atomic mass is 19.1. The largest absolute Gasteiger partial charge is 0.396 e. The summed E-state index contributed by atoms with van der Waals surface area (Å²) in [5, 5.41) is 3.39. The third-order valence-electron chi connectivity index (χ3n) is 5.29. The summed E-state index contributed by atoms with van der Waals surface area (Å²) in [6.45, 7) is 12.5. The minimum absolute atomic E-state index is 0.176. The Hall–Kier alpha value is -2.43. The van der Waals surface area contributed by atoms with Crippen molar-refractivity contribution in [1.29, 1.82) is 0 Å². The van der Waals surface area contributed by atoms with E-state index in [2.05, 4.69) is 67.1 Å². The molecule has 3 N–H and O–H groups in total. The summed E-state index contributed by atoms with van der Waals surface area (Å²) < 4.78 is 14.1. The molecule has 2 rings (SSSR count). The summed E-state index contributed by atoms with van der Waals surface area (Å²) in [6, 6.07) is 11.7. The van der Waals surface area contributed by atoms with E-state index in [1.807, 2.05) is 0 Å².